The number of amides is 1. The third-order valence-electron chi connectivity index (χ3n) is 5.08. The molecule has 1 aromatic carbocycles. The van der Waals surface area contributed by atoms with Gasteiger partial charge < -0.3 is 14.4 Å². The highest BCUT2D eigenvalue weighted by Gasteiger charge is 2.26. The summed E-state index contributed by atoms with van der Waals surface area (Å²) in [5.41, 5.74) is 1.33. The average Bonchev–Trinajstić information content (AvgIpc) is 3.49. The molecule has 0 bridgehead atoms. The van der Waals surface area contributed by atoms with E-state index in [0.29, 0.717) is 42.1 Å². The number of H-pyrrole nitrogens is 1. The Hall–Kier alpha value is -2.68. The number of aromatic amines is 1. The van der Waals surface area contributed by atoms with Gasteiger partial charge in [0.05, 0.1) is 16.4 Å². The number of para-hydroxylation sites is 1. The Morgan fingerprint density at radius 2 is 2.00 bits per heavy atom. The number of halogens is 1. The number of thiophene rings is 1. The van der Waals surface area contributed by atoms with Crippen molar-refractivity contribution in [2.45, 2.75) is 6.54 Å². The summed E-state index contributed by atoms with van der Waals surface area (Å²) < 4.78 is 5.39. The molecule has 1 fully saturated rings. The minimum atomic E-state index is -0.0661. The second-order valence-corrected chi connectivity index (χ2v) is 8.24. The summed E-state index contributed by atoms with van der Waals surface area (Å²) in [6.45, 7) is 3.29. The number of aromatic nitrogens is 3. The van der Waals surface area contributed by atoms with Crippen molar-refractivity contribution < 1.29 is 9.32 Å². The van der Waals surface area contributed by atoms with Crippen LogP contribution < -0.4 is 0 Å². The summed E-state index contributed by atoms with van der Waals surface area (Å²) in [6, 6.07) is 11.6. The van der Waals surface area contributed by atoms with E-state index in [0.717, 1.165) is 28.9 Å². The molecule has 1 amide bonds. The molecule has 29 heavy (non-hydrogen) atoms. The lowest BCUT2D eigenvalue weighted by Gasteiger charge is -2.33. The van der Waals surface area contributed by atoms with Crippen LogP contribution >= 0.6 is 22.9 Å². The number of fused-ring (bicyclic) bond motifs is 1. The monoisotopic (exact) mass is 427 g/mol. The zero-order chi connectivity index (χ0) is 19.8. The molecule has 1 N–H and O–H groups in total. The first-order valence-electron chi connectivity index (χ1n) is 9.33. The maximum absolute atomic E-state index is 12.9. The molecule has 0 saturated carbocycles. The lowest BCUT2D eigenvalue weighted by atomic mass is 10.2. The number of benzene rings is 1. The SMILES string of the molecule is O=C(c1[nH]c2ccccc2c1Cl)N1CCN(Cc2nc(-c3cccs3)no2)CC1. The van der Waals surface area contributed by atoms with Crippen LogP contribution in [0.5, 0.6) is 0 Å². The van der Waals surface area contributed by atoms with E-state index >= 15 is 0 Å². The van der Waals surface area contributed by atoms with Crippen molar-refractivity contribution in [1.82, 2.24) is 24.9 Å². The van der Waals surface area contributed by atoms with Crippen molar-refractivity contribution in [2.24, 2.45) is 0 Å². The number of carbonyl (C=O) groups excluding carboxylic acids is 1. The van der Waals surface area contributed by atoms with Gasteiger partial charge in [-0.3, -0.25) is 9.69 Å². The van der Waals surface area contributed by atoms with Gasteiger partial charge in [-0.15, -0.1) is 11.3 Å². The molecule has 3 aromatic heterocycles. The maximum atomic E-state index is 12.9. The Morgan fingerprint density at radius 1 is 1.17 bits per heavy atom. The zero-order valence-electron chi connectivity index (χ0n) is 15.5. The topological polar surface area (TPSA) is 78.3 Å². The van der Waals surface area contributed by atoms with Crippen LogP contribution in [0.4, 0.5) is 0 Å². The van der Waals surface area contributed by atoms with Gasteiger partial charge in [0.15, 0.2) is 0 Å². The second kappa shape index (κ2) is 7.62. The van der Waals surface area contributed by atoms with E-state index in [1.165, 1.54) is 0 Å². The predicted molar refractivity (Wildman–Crippen MR) is 112 cm³/mol. The number of hydrogen-bond donors (Lipinski definition) is 1. The number of nitrogens with zero attached hydrogens (tertiary/aromatic N) is 4. The lowest BCUT2D eigenvalue weighted by molar-refractivity contribution is 0.0610. The lowest BCUT2D eigenvalue weighted by Crippen LogP contribution is -2.48. The van der Waals surface area contributed by atoms with Crippen LogP contribution in [0.25, 0.3) is 21.6 Å². The summed E-state index contributed by atoms with van der Waals surface area (Å²) in [6.07, 6.45) is 0. The third-order valence-corrected chi connectivity index (χ3v) is 6.34. The highest BCUT2D eigenvalue weighted by Crippen LogP contribution is 2.28. The fourth-order valence-electron chi connectivity index (χ4n) is 3.54. The van der Waals surface area contributed by atoms with Crippen LogP contribution in [0.15, 0.2) is 46.3 Å². The Morgan fingerprint density at radius 3 is 2.76 bits per heavy atom. The van der Waals surface area contributed by atoms with Crippen molar-refractivity contribution >= 4 is 39.7 Å². The summed E-state index contributed by atoms with van der Waals surface area (Å²) in [7, 11) is 0. The van der Waals surface area contributed by atoms with Gasteiger partial charge in [0.25, 0.3) is 5.91 Å². The second-order valence-electron chi connectivity index (χ2n) is 6.92. The van der Waals surface area contributed by atoms with Crippen LogP contribution in [0.2, 0.25) is 5.02 Å². The van der Waals surface area contributed by atoms with E-state index in [-0.39, 0.29) is 5.91 Å². The molecule has 0 radical (unpaired) electrons. The summed E-state index contributed by atoms with van der Waals surface area (Å²) in [5.74, 6) is 1.15. The molecule has 1 aliphatic rings. The first-order chi connectivity index (χ1) is 14.2. The molecule has 1 saturated heterocycles. The molecule has 0 aliphatic carbocycles. The summed E-state index contributed by atoms with van der Waals surface area (Å²) in [5, 5.41) is 7.39. The van der Waals surface area contributed by atoms with Crippen molar-refractivity contribution in [3.63, 3.8) is 0 Å². The Kier molecular flexibility index (Phi) is 4.83. The van der Waals surface area contributed by atoms with Gasteiger partial charge >= 0.3 is 0 Å². The van der Waals surface area contributed by atoms with E-state index in [1.54, 1.807) is 11.3 Å². The molecule has 7 nitrogen and oxygen atoms in total. The fourth-order valence-corrected chi connectivity index (χ4v) is 4.48. The highest BCUT2D eigenvalue weighted by atomic mass is 35.5. The number of nitrogens with one attached hydrogen (secondary N) is 1. The van der Waals surface area contributed by atoms with Gasteiger partial charge in [0, 0.05) is 37.1 Å². The molecule has 0 atom stereocenters. The van der Waals surface area contributed by atoms with Gasteiger partial charge in [0.2, 0.25) is 11.7 Å². The van der Waals surface area contributed by atoms with Gasteiger partial charge in [-0.25, -0.2) is 0 Å². The first kappa shape index (κ1) is 18.4. The van der Waals surface area contributed by atoms with Gasteiger partial charge in [-0.2, -0.15) is 4.98 Å². The van der Waals surface area contributed by atoms with Crippen LogP contribution in [-0.2, 0) is 6.54 Å². The minimum absolute atomic E-state index is 0.0661. The maximum Gasteiger partial charge on any atom is 0.271 e. The fraction of sp³-hybridized carbons (Fsp3) is 0.250. The quantitative estimate of drug-likeness (QED) is 0.534. The normalized spacial score (nSPS) is 15.3. The minimum Gasteiger partial charge on any atom is -0.349 e. The number of piperazine rings is 1. The van der Waals surface area contributed by atoms with Gasteiger partial charge in [-0.1, -0.05) is 41.0 Å². The van der Waals surface area contributed by atoms with E-state index in [2.05, 4.69) is 20.0 Å². The standard InChI is InChI=1S/C20H18ClN5O2S/c21-17-13-4-1-2-5-14(13)22-18(17)20(27)26-9-7-25(8-10-26)12-16-23-19(24-28-16)15-6-3-11-29-15/h1-6,11,22H,7-10,12H2. The van der Waals surface area contributed by atoms with Crippen LogP contribution in [-0.4, -0.2) is 57.0 Å². The molecule has 4 aromatic rings. The molecule has 5 rings (SSSR count). The summed E-state index contributed by atoms with van der Waals surface area (Å²) >= 11 is 8.02. The van der Waals surface area contributed by atoms with Gasteiger partial charge in [0.1, 0.15) is 5.69 Å². The van der Waals surface area contributed by atoms with Crippen molar-refractivity contribution in [3.05, 3.63) is 58.4 Å². The van der Waals surface area contributed by atoms with E-state index < -0.39 is 0 Å². The van der Waals surface area contributed by atoms with Crippen molar-refractivity contribution in [1.29, 1.82) is 0 Å². The molecule has 148 valence electrons. The zero-order valence-corrected chi connectivity index (χ0v) is 17.0. The summed E-state index contributed by atoms with van der Waals surface area (Å²) in [4.78, 5) is 25.6. The number of rotatable bonds is 4. The number of hydrogen-bond acceptors (Lipinski definition) is 6. The van der Waals surface area contributed by atoms with E-state index in [4.69, 9.17) is 16.1 Å². The predicted octanol–water partition coefficient (Wildman–Crippen LogP) is 3.89. The van der Waals surface area contributed by atoms with Crippen molar-refractivity contribution in [3.8, 4) is 10.7 Å². The molecular formula is C20H18ClN5O2S. The van der Waals surface area contributed by atoms with Crippen LogP contribution in [0, 0.1) is 0 Å². The number of carbonyl (C=O) groups is 1. The van der Waals surface area contributed by atoms with E-state index in [9.17, 15) is 4.79 Å². The molecule has 0 unspecified atom stereocenters. The Balaban J connectivity index is 1.22. The molecule has 0 spiro atoms. The first-order valence-corrected chi connectivity index (χ1v) is 10.6. The third kappa shape index (κ3) is 3.55. The highest BCUT2D eigenvalue weighted by molar-refractivity contribution is 7.13. The smallest absolute Gasteiger partial charge is 0.271 e. The van der Waals surface area contributed by atoms with Crippen LogP contribution in [0.1, 0.15) is 16.4 Å². The molecule has 4 heterocycles. The largest absolute Gasteiger partial charge is 0.349 e. The van der Waals surface area contributed by atoms with E-state index in [1.807, 2.05) is 46.7 Å². The Bertz CT molecular complexity index is 1150. The molecule has 1 aliphatic heterocycles. The average molecular weight is 428 g/mol. The molecular weight excluding hydrogens is 410 g/mol. The molecule has 9 heteroatoms. The van der Waals surface area contributed by atoms with Crippen LogP contribution in [0.3, 0.4) is 0 Å². The van der Waals surface area contributed by atoms with Gasteiger partial charge in [-0.05, 0) is 17.5 Å². The van der Waals surface area contributed by atoms with Crippen molar-refractivity contribution in [2.75, 3.05) is 26.2 Å². The Labute approximate surface area is 175 Å².